The lowest BCUT2D eigenvalue weighted by Crippen LogP contribution is -2.33. The third kappa shape index (κ3) is 5.77. The van der Waals surface area contributed by atoms with Crippen LogP contribution < -0.4 is 4.72 Å². The quantitative estimate of drug-likeness (QED) is 0.786. The number of hydrogen-bond donors (Lipinski definition) is 1. The van der Waals surface area contributed by atoms with Gasteiger partial charge in [-0.05, 0) is 56.9 Å². The molecule has 1 aliphatic heterocycles. The summed E-state index contributed by atoms with van der Waals surface area (Å²) in [5, 5.41) is 0. The molecule has 0 spiro atoms. The van der Waals surface area contributed by atoms with Crippen molar-refractivity contribution in [3.05, 3.63) is 35.4 Å². The van der Waals surface area contributed by atoms with E-state index in [2.05, 4.69) is 9.62 Å². The Bertz CT molecular complexity index is 537. The Morgan fingerprint density at radius 2 is 1.86 bits per heavy atom. The molecule has 1 N–H and O–H groups in total. The Kier molecular flexibility index (Phi) is 6.21. The van der Waals surface area contributed by atoms with Crippen LogP contribution in [0, 0.1) is 6.92 Å². The average Bonchev–Trinajstić information content (AvgIpc) is 2.47. The highest BCUT2D eigenvalue weighted by Crippen LogP contribution is 2.11. The molecule has 0 radical (unpaired) electrons. The minimum Gasteiger partial charge on any atom is -0.303 e. The minimum absolute atomic E-state index is 0.0728. The van der Waals surface area contributed by atoms with Crippen molar-refractivity contribution in [2.45, 2.75) is 38.4 Å². The molecule has 0 aromatic heterocycles. The summed E-state index contributed by atoms with van der Waals surface area (Å²) >= 11 is 0. The maximum atomic E-state index is 12.1. The van der Waals surface area contributed by atoms with Crippen molar-refractivity contribution in [3.63, 3.8) is 0 Å². The first-order chi connectivity index (χ1) is 10.1. The molecule has 1 heterocycles. The molecule has 4 nitrogen and oxygen atoms in total. The summed E-state index contributed by atoms with van der Waals surface area (Å²) in [4.78, 5) is 2.43. The van der Waals surface area contributed by atoms with E-state index in [9.17, 15) is 8.42 Å². The van der Waals surface area contributed by atoms with Crippen LogP contribution in [0.2, 0.25) is 0 Å². The van der Waals surface area contributed by atoms with E-state index in [0.29, 0.717) is 6.54 Å². The van der Waals surface area contributed by atoms with E-state index in [0.717, 1.165) is 37.2 Å². The molecule has 1 aromatic rings. The summed E-state index contributed by atoms with van der Waals surface area (Å²) in [7, 11) is -3.23. The SMILES string of the molecule is Cc1ccccc1CS(=O)(=O)NCCCN1CCCCC1. The van der Waals surface area contributed by atoms with Crippen molar-refractivity contribution >= 4 is 10.0 Å². The maximum Gasteiger partial charge on any atom is 0.215 e. The number of piperidine rings is 1. The third-order valence-electron chi connectivity index (χ3n) is 4.03. The number of aryl methyl sites for hydroxylation is 1. The van der Waals surface area contributed by atoms with E-state index in [1.807, 2.05) is 31.2 Å². The van der Waals surface area contributed by atoms with Gasteiger partial charge in [0.1, 0.15) is 0 Å². The molecule has 5 heteroatoms. The highest BCUT2D eigenvalue weighted by Gasteiger charge is 2.13. The standard InChI is InChI=1S/C16H26N2O2S/c1-15-8-3-4-9-16(15)14-21(19,20)17-10-7-13-18-11-5-2-6-12-18/h3-4,8-9,17H,2,5-7,10-14H2,1H3. The molecule has 0 aliphatic carbocycles. The number of nitrogens with one attached hydrogen (secondary N) is 1. The molecule has 0 amide bonds. The van der Waals surface area contributed by atoms with Crippen LogP contribution in [0.15, 0.2) is 24.3 Å². The summed E-state index contributed by atoms with van der Waals surface area (Å²) in [5.41, 5.74) is 1.90. The van der Waals surface area contributed by atoms with Crippen molar-refractivity contribution < 1.29 is 8.42 Å². The maximum absolute atomic E-state index is 12.1. The van der Waals surface area contributed by atoms with Gasteiger partial charge in [-0.2, -0.15) is 0 Å². The van der Waals surface area contributed by atoms with Crippen LogP contribution in [0.25, 0.3) is 0 Å². The highest BCUT2D eigenvalue weighted by atomic mass is 32.2. The second-order valence-electron chi connectivity index (χ2n) is 5.84. The number of hydrogen-bond acceptors (Lipinski definition) is 3. The summed E-state index contributed by atoms with van der Waals surface area (Å²) in [6, 6.07) is 7.63. The van der Waals surface area contributed by atoms with E-state index in [1.165, 1.54) is 19.3 Å². The summed E-state index contributed by atoms with van der Waals surface area (Å²) < 4.78 is 26.9. The number of sulfonamides is 1. The smallest absolute Gasteiger partial charge is 0.215 e. The van der Waals surface area contributed by atoms with Gasteiger partial charge in [-0.3, -0.25) is 0 Å². The predicted molar refractivity (Wildman–Crippen MR) is 86.7 cm³/mol. The molecule has 1 fully saturated rings. The molecular weight excluding hydrogens is 284 g/mol. The zero-order valence-corrected chi connectivity index (χ0v) is 13.7. The minimum atomic E-state index is -3.23. The second-order valence-corrected chi connectivity index (χ2v) is 7.64. The largest absolute Gasteiger partial charge is 0.303 e. The fourth-order valence-electron chi connectivity index (χ4n) is 2.74. The molecule has 2 rings (SSSR count). The Balaban J connectivity index is 1.72. The predicted octanol–water partition coefficient (Wildman–Crippen LogP) is 2.29. The lowest BCUT2D eigenvalue weighted by Gasteiger charge is -2.26. The first kappa shape index (κ1) is 16.5. The van der Waals surface area contributed by atoms with Crippen LogP contribution in [0.1, 0.15) is 36.8 Å². The van der Waals surface area contributed by atoms with Gasteiger partial charge in [-0.15, -0.1) is 0 Å². The molecule has 1 aliphatic rings. The second kappa shape index (κ2) is 7.92. The first-order valence-corrected chi connectivity index (χ1v) is 9.46. The topological polar surface area (TPSA) is 49.4 Å². The zero-order chi connectivity index (χ0) is 15.1. The molecule has 0 atom stereocenters. The van der Waals surface area contributed by atoms with E-state index >= 15 is 0 Å². The van der Waals surface area contributed by atoms with Gasteiger partial charge in [0, 0.05) is 6.54 Å². The van der Waals surface area contributed by atoms with Crippen molar-refractivity contribution in [2.75, 3.05) is 26.2 Å². The molecule has 0 saturated carbocycles. The monoisotopic (exact) mass is 310 g/mol. The van der Waals surface area contributed by atoms with Gasteiger partial charge in [-0.1, -0.05) is 30.7 Å². The molecular formula is C16H26N2O2S. The number of rotatable bonds is 7. The van der Waals surface area contributed by atoms with Gasteiger partial charge >= 0.3 is 0 Å². The van der Waals surface area contributed by atoms with Crippen molar-refractivity contribution in [1.29, 1.82) is 0 Å². The average molecular weight is 310 g/mol. The molecule has 118 valence electrons. The van der Waals surface area contributed by atoms with Gasteiger partial charge in [0.25, 0.3) is 0 Å². The van der Waals surface area contributed by atoms with Crippen molar-refractivity contribution in [1.82, 2.24) is 9.62 Å². The number of benzene rings is 1. The summed E-state index contributed by atoms with van der Waals surface area (Å²) in [6.45, 7) is 5.80. The normalized spacial score (nSPS) is 17.0. The molecule has 21 heavy (non-hydrogen) atoms. The fourth-order valence-corrected chi connectivity index (χ4v) is 4.03. The van der Waals surface area contributed by atoms with Crippen LogP contribution in [-0.2, 0) is 15.8 Å². The Labute approximate surface area is 128 Å². The van der Waals surface area contributed by atoms with Crippen molar-refractivity contribution in [3.8, 4) is 0 Å². The van der Waals surface area contributed by atoms with Crippen LogP contribution in [0.4, 0.5) is 0 Å². The Morgan fingerprint density at radius 3 is 2.57 bits per heavy atom. The number of likely N-dealkylation sites (tertiary alicyclic amines) is 1. The van der Waals surface area contributed by atoms with E-state index < -0.39 is 10.0 Å². The molecule has 0 bridgehead atoms. The number of nitrogens with zero attached hydrogens (tertiary/aromatic N) is 1. The van der Waals surface area contributed by atoms with Crippen LogP contribution in [0.5, 0.6) is 0 Å². The Hall–Kier alpha value is -0.910. The lowest BCUT2D eigenvalue weighted by atomic mass is 10.1. The molecule has 1 aromatic carbocycles. The summed E-state index contributed by atoms with van der Waals surface area (Å²) in [6.07, 6.45) is 4.77. The molecule has 1 saturated heterocycles. The molecule has 0 unspecified atom stereocenters. The van der Waals surface area contributed by atoms with Crippen LogP contribution >= 0.6 is 0 Å². The van der Waals surface area contributed by atoms with Gasteiger partial charge < -0.3 is 4.90 Å². The lowest BCUT2D eigenvalue weighted by molar-refractivity contribution is 0.227. The van der Waals surface area contributed by atoms with Crippen LogP contribution in [0.3, 0.4) is 0 Å². The third-order valence-corrected chi connectivity index (χ3v) is 5.36. The van der Waals surface area contributed by atoms with E-state index in [1.54, 1.807) is 0 Å². The van der Waals surface area contributed by atoms with Crippen molar-refractivity contribution in [2.24, 2.45) is 0 Å². The van der Waals surface area contributed by atoms with Gasteiger partial charge in [0.2, 0.25) is 10.0 Å². The van der Waals surface area contributed by atoms with E-state index in [4.69, 9.17) is 0 Å². The van der Waals surface area contributed by atoms with Gasteiger partial charge in [0.15, 0.2) is 0 Å². The van der Waals surface area contributed by atoms with E-state index in [-0.39, 0.29) is 5.75 Å². The van der Waals surface area contributed by atoms with Gasteiger partial charge in [-0.25, -0.2) is 13.1 Å². The highest BCUT2D eigenvalue weighted by molar-refractivity contribution is 7.88. The first-order valence-electron chi connectivity index (χ1n) is 7.81. The van der Waals surface area contributed by atoms with Gasteiger partial charge in [0.05, 0.1) is 5.75 Å². The fraction of sp³-hybridized carbons (Fsp3) is 0.625. The van der Waals surface area contributed by atoms with Crippen LogP contribution in [-0.4, -0.2) is 39.5 Å². The summed E-state index contributed by atoms with van der Waals surface area (Å²) in [5.74, 6) is 0.0728. The zero-order valence-electron chi connectivity index (χ0n) is 12.8. The Morgan fingerprint density at radius 1 is 1.14 bits per heavy atom.